The van der Waals surface area contributed by atoms with Gasteiger partial charge in [0.25, 0.3) is 5.69 Å². The normalized spacial score (nSPS) is 11.0. The van der Waals surface area contributed by atoms with E-state index in [1.165, 1.54) is 6.07 Å². The summed E-state index contributed by atoms with van der Waals surface area (Å²) in [6.45, 7) is 0.419. The standard InChI is InChI=1S/C17H16F3N3O3S/c1-2-11-5-3-4-6-15(11)22-16(27)21-12-7-13(23(24)25)9-14(8-12)26-10-17(18,19)20/h3-9H,2,10H2,1H3,(H2,21,22,27). The van der Waals surface area contributed by atoms with Gasteiger partial charge in [-0.2, -0.15) is 13.2 Å². The second-order valence-electron chi connectivity index (χ2n) is 5.47. The van der Waals surface area contributed by atoms with E-state index in [1.54, 1.807) is 0 Å². The topological polar surface area (TPSA) is 76.4 Å². The molecule has 0 radical (unpaired) electrons. The third-order valence-electron chi connectivity index (χ3n) is 3.41. The van der Waals surface area contributed by atoms with Crippen LogP contribution < -0.4 is 15.4 Å². The first kappa shape index (κ1) is 20.4. The number of aryl methyl sites for hydroxylation is 1. The van der Waals surface area contributed by atoms with Gasteiger partial charge in [0.1, 0.15) is 5.75 Å². The highest BCUT2D eigenvalue weighted by atomic mass is 32.1. The lowest BCUT2D eigenvalue weighted by atomic mass is 10.1. The van der Waals surface area contributed by atoms with Crippen molar-refractivity contribution in [2.45, 2.75) is 19.5 Å². The van der Waals surface area contributed by atoms with Crippen molar-refractivity contribution in [2.75, 3.05) is 17.2 Å². The fraction of sp³-hybridized carbons (Fsp3) is 0.235. The highest BCUT2D eigenvalue weighted by molar-refractivity contribution is 7.80. The number of thiocarbonyl (C=S) groups is 1. The Morgan fingerprint density at radius 3 is 2.56 bits per heavy atom. The summed E-state index contributed by atoms with van der Waals surface area (Å²) in [5.74, 6) is -0.291. The van der Waals surface area contributed by atoms with Crippen molar-refractivity contribution in [1.29, 1.82) is 0 Å². The number of nitro groups is 1. The zero-order valence-electron chi connectivity index (χ0n) is 14.2. The molecule has 6 nitrogen and oxygen atoms in total. The molecule has 0 unspecified atom stereocenters. The Morgan fingerprint density at radius 2 is 1.93 bits per heavy atom. The number of para-hydroxylation sites is 1. The second-order valence-corrected chi connectivity index (χ2v) is 5.87. The molecule has 144 valence electrons. The van der Waals surface area contributed by atoms with E-state index >= 15 is 0 Å². The minimum absolute atomic E-state index is 0.132. The molecule has 0 spiro atoms. The van der Waals surface area contributed by atoms with E-state index in [4.69, 9.17) is 12.2 Å². The molecular formula is C17H16F3N3O3S. The van der Waals surface area contributed by atoms with Crippen LogP contribution in [-0.2, 0) is 6.42 Å². The molecule has 10 heteroatoms. The Bertz CT molecular complexity index is 844. The number of hydrogen-bond acceptors (Lipinski definition) is 4. The van der Waals surface area contributed by atoms with Crippen LogP contribution in [0.2, 0.25) is 0 Å². The van der Waals surface area contributed by atoms with E-state index in [2.05, 4.69) is 15.4 Å². The van der Waals surface area contributed by atoms with Crippen molar-refractivity contribution in [3.05, 3.63) is 58.1 Å². The number of nitrogens with one attached hydrogen (secondary N) is 2. The van der Waals surface area contributed by atoms with E-state index in [9.17, 15) is 23.3 Å². The molecule has 2 N–H and O–H groups in total. The van der Waals surface area contributed by atoms with Gasteiger partial charge in [0.05, 0.1) is 16.7 Å². The SMILES string of the molecule is CCc1ccccc1NC(=S)Nc1cc(OCC(F)(F)F)cc([N+](=O)[O-])c1. The van der Waals surface area contributed by atoms with Crippen LogP contribution in [0.1, 0.15) is 12.5 Å². The van der Waals surface area contributed by atoms with Gasteiger partial charge in [-0.3, -0.25) is 10.1 Å². The lowest BCUT2D eigenvalue weighted by Gasteiger charge is -2.14. The summed E-state index contributed by atoms with van der Waals surface area (Å²) in [5.41, 5.74) is 1.48. The lowest BCUT2D eigenvalue weighted by Crippen LogP contribution is -2.21. The molecule has 0 saturated heterocycles. The summed E-state index contributed by atoms with van der Waals surface area (Å²) in [6, 6.07) is 10.7. The van der Waals surface area contributed by atoms with E-state index in [0.29, 0.717) is 0 Å². The molecule has 0 heterocycles. The molecule has 0 fully saturated rings. The highest BCUT2D eigenvalue weighted by Gasteiger charge is 2.28. The average Bonchev–Trinajstić information content (AvgIpc) is 2.59. The number of nitro benzene ring substituents is 1. The molecule has 0 aromatic heterocycles. The number of ether oxygens (including phenoxy) is 1. The maximum atomic E-state index is 12.3. The number of anilines is 2. The summed E-state index contributed by atoms with van der Waals surface area (Å²) in [6.07, 6.45) is -3.79. The van der Waals surface area contributed by atoms with Crippen LogP contribution in [0.3, 0.4) is 0 Å². The van der Waals surface area contributed by atoms with Crippen LogP contribution in [0.25, 0.3) is 0 Å². The minimum atomic E-state index is -4.56. The fourth-order valence-electron chi connectivity index (χ4n) is 2.24. The van der Waals surface area contributed by atoms with E-state index < -0.39 is 23.4 Å². The Morgan fingerprint density at radius 1 is 1.22 bits per heavy atom. The van der Waals surface area contributed by atoms with E-state index in [1.807, 2.05) is 31.2 Å². The number of nitrogens with zero attached hydrogens (tertiary/aromatic N) is 1. The lowest BCUT2D eigenvalue weighted by molar-refractivity contribution is -0.384. The average molecular weight is 399 g/mol. The van der Waals surface area contributed by atoms with Crippen molar-refractivity contribution >= 4 is 34.4 Å². The van der Waals surface area contributed by atoms with Gasteiger partial charge in [0, 0.05) is 17.8 Å². The third kappa shape index (κ3) is 6.41. The van der Waals surface area contributed by atoms with Crippen LogP contribution >= 0.6 is 12.2 Å². The minimum Gasteiger partial charge on any atom is -0.484 e. The molecule has 2 rings (SSSR count). The fourth-order valence-corrected chi connectivity index (χ4v) is 2.47. The summed E-state index contributed by atoms with van der Waals surface area (Å²) in [7, 11) is 0. The smallest absolute Gasteiger partial charge is 0.422 e. The van der Waals surface area contributed by atoms with Crippen LogP contribution in [-0.4, -0.2) is 22.8 Å². The monoisotopic (exact) mass is 399 g/mol. The molecule has 2 aromatic rings. The van der Waals surface area contributed by atoms with Gasteiger partial charge in [-0.15, -0.1) is 0 Å². The van der Waals surface area contributed by atoms with Gasteiger partial charge in [0.15, 0.2) is 11.7 Å². The summed E-state index contributed by atoms with van der Waals surface area (Å²) in [5, 5.41) is 16.8. The quantitative estimate of drug-likeness (QED) is 0.408. The number of halogens is 3. The van der Waals surface area contributed by atoms with Crippen molar-refractivity contribution in [3.63, 3.8) is 0 Å². The Kier molecular flexibility index (Phi) is 6.56. The Labute approximate surface area is 158 Å². The van der Waals surface area contributed by atoms with Crippen LogP contribution in [0.4, 0.5) is 30.2 Å². The maximum Gasteiger partial charge on any atom is 0.422 e. The first-order chi connectivity index (χ1) is 12.7. The van der Waals surface area contributed by atoms with Crippen molar-refractivity contribution in [1.82, 2.24) is 0 Å². The molecule has 0 bridgehead atoms. The highest BCUT2D eigenvalue weighted by Crippen LogP contribution is 2.28. The van der Waals surface area contributed by atoms with Gasteiger partial charge in [-0.1, -0.05) is 25.1 Å². The van der Waals surface area contributed by atoms with Crippen LogP contribution in [0.5, 0.6) is 5.75 Å². The number of non-ortho nitro benzene ring substituents is 1. The molecule has 0 amide bonds. The predicted molar refractivity (Wildman–Crippen MR) is 100 cm³/mol. The predicted octanol–water partition coefficient (Wildman–Crippen LogP) is 4.91. The maximum absolute atomic E-state index is 12.3. The molecule has 0 atom stereocenters. The molecule has 0 saturated carbocycles. The second kappa shape index (κ2) is 8.67. The first-order valence-electron chi connectivity index (χ1n) is 7.83. The van der Waals surface area contributed by atoms with Crippen LogP contribution in [0, 0.1) is 10.1 Å². The van der Waals surface area contributed by atoms with Crippen molar-refractivity contribution in [2.24, 2.45) is 0 Å². The van der Waals surface area contributed by atoms with Crippen LogP contribution in [0.15, 0.2) is 42.5 Å². The molecular weight excluding hydrogens is 383 g/mol. The van der Waals surface area contributed by atoms with Gasteiger partial charge < -0.3 is 15.4 Å². The molecule has 0 aliphatic rings. The zero-order chi connectivity index (χ0) is 20.0. The third-order valence-corrected chi connectivity index (χ3v) is 3.61. The summed E-state index contributed by atoms with van der Waals surface area (Å²) < 4.78 is 41.6. The van der Waals surface area contributed by atoms with Gasteiger partial charge >= 0.3 is 6.18 Å². The Balaban J connectivity index is 2.17. The Hall–Kier alpha value is -2.88. The zero-order valence-corrected chi connectivity index (χ0v) is 15.0. The number of rotatable bonds is 6. The van der Waals surface area contributed by atoms with Crippen molar-refractivity contribution in [3.8, 4) is 5.75 Å². The summed E-state index contributed by atoms with van der Waals surface area (Å²) >= 11 is 5.19. The number of hydrogen-bond donors (Lipinski definition) is 2. The molecule has 0 aliphatic heterocycles. The van der Waals surface area contributed by atoms with E-state index in [0.717, 1.165) is 29.8 Å². The summed E-state index contributed by atoms with van der Waals surface area (Å²) in [4.78, 5) is 10.3. The van der Waals surface area contributed by atoms with Gasteiger partial charge in [0.2, 0.25) is 0 Å². The molecule has 2 aromatic carbocycles. The molecule has 27 heavy (non-hydrogen) atoms. The number of alkyl halides is 3. The largest absolute Gasteiger partial charge is 0.484 e. The van der Waals surface area contributed by atoms with E-state index in [-0.39, 0.29) is 16.5 Å². The van der Waals surface area contributed by atoms with Gasteiger partial charge in [-0.25, -0.2) is 0 Å². The van der Waals surface area contributed by atoms with Gasteiger partial charge in [-0.05, 0) is 30.3 Å². The molecule has 0 aliphatic carbocycles. The van der Waals surface area contributed by atoms with Crippen molar-refractivity contribution < 1.29 is 22.8 Å². The first-order valence-corrected chi connectivity index (χ1v) is 8.23. The number of benzene rings is 2.